The van der Waals surface area contributed by atoms with E-state index in [4.69, 9.17) is 9.15 Å². The molecule has 0 atom stereocenters. The Bertz CT molecular complexity index is 1650. The van der Waals surface area contributed by atoms with Gasteiger partial charge in [0, 0.05) is 58.4 Å². The highest BCUT2D eigenvalue weighted by Crippen LogP contribution is 2.30. The van der Waals surface area contributed by atoms with E-state index >= 15 is 0 Å². The summed E-state index contributed by atoms with van der Waals surface area (Å²) in [5, 5.41) is 9.29. The molecule has 0 radical (unpaired) electrons. The Balaban J connectivity index is 1.21. The number of ether oxygens (including phenoxy) is 1. The largest absolute Gasteiger partial charge is 0.465 e. The van der Waals surface area contributed by atoms with Crippen molar-refractivity contribution in [2.75, 3.05) is 13.7 Å². The van der Waals surface area contributed by atoms with Crippen molar-refractivity contribution >= 4 is 22.8 Å². The summed E-state index contributed by atoms with van der Waals surface area (Å²) < 4.78 is 10.7. The van der Waals surface area contributed by atoms with Gasteiger partial charge < -0.3 is 19.0 Å². The third-order valence-corrected chi connectivity index (χ3v) is 6.75. The van der Waals surface area contributed by atoms with Crippen LogP contribution >= 0.6 is 0 Å². The highest BCUT2D eigenvalue weighted by molar-refractivity contribution is 5.97. The molecule has 0 saturated heterocycles. The summed E-state index contributed by atoms with van der Waals surface area (Å²) in [5.74, 6) is 0.421. The maximum Gasteiger partial charge on any atom is 0.337 e. The molecule has 1 amide bonds. The molecule has 5 aromatic rings. The Labute approximate surface area is 212 Å². The van der Waals surface area contributed by atoms with Crippen molar-refractivity contribution in [2.45, 2.75) is 19.9 Å². The predicted molar refractivity (Wildman–Crippen MR) is 138 cm³/mol. The number of nitrogens with one attached hydrogen (secondary N) is 1. The van der Waals surface area contributed by atoms with Crippen LogP contribution in [-0.2, 0) is 17.7 Å². The third kappa shape index (κ3) is 4.16. The van der Waals surface area contributed by atoms with Crippen molar-refractivity contribution in [2.24, 2.45) is 0 Å². The minimum Gasteiger partial charge on any atom is -0.465 e. The van der Waals surface area contributed by atoms with Crippen LogP contribution in [0.4, 0.5) is 0 Å². The lowest BCUT2D eigenvalue weighted by molar-refractivity contribution is 0.0600. The molecule has 0 fully saturated rings. The number of esters is 1. The number of benzene rings is 3. The van der Waals surface area contributed by atoms with Gasteiger partial charge in [-0.3, -0.25) is 4.79 Å². The van der Waals surface area contributed by atoms with E-state index in [1.165, 1.54) is 7.11 Å². The standard InChI is InChI=1S/C29H24N4O4/c1-17-4-3-5-20(14-17)27-32-31-26(37-27)18-6-8-19(9-7-18)28(34)33-13-12-25-23(16-33)22-15-21(29(35)36-2)10-11-24(22)30-25/h3-11,14-15,30H,12-13,16H2,1-2H3. The molecule has 37 heavy (non-hydrogen) atoms. The van der Waals surface area contributed by atoms with Crippen LogP contribution in [-0.4, -0.2) is 45.6 Å². The van der Waals surface area contributed by atoms with Gasteiger partial charge in [-0.2, -0.15) is 0 Å². The molecule has 184 valence electrons. The fourth-order valence-electron chi connectivity index (χ4n) is 4.80. The van der Waals surface area contributed by atoms with Crippen molar-refractivity contribution in [3.63, 3.8) is 0 Å². The van der Waals surface area contributed by atoms with Crippen molar-refractivity contribution in [1.29, 1.82) is 0 Å². The molecule has 1 aliphatic heterocycles. The second-order valence-electron chi connectivity index (χ2n) is 9.17. The molecule has 3 heterocycles. The summed E-state index contributed by atoms with van der Waals surface area (Å²) >= 11 is 0. The molecular weight excluding hydrogens is 468 g/mol. The van der Waals surface area contributed by atoms with E-state index in [1.807, 2.05) is 60.4 Å². The van der Waals surface area contributed by atoms with Gasteiger partial charge in [0.2, 0.25) is 11.8 Å². The Morgan fingerprint density at radius 2 is 1.70 bits per heavy atom. The number of aromatic amines is 1. The van der Waals surface area contributed by atoms with Crippen molar-refractivity contribution in [3.05, 3.63) is 94.7 Å². The first-order valence-corrected chi connectivity index (χ1v) is 12.0. The highest BCUT2D eigenvalue weighted by Gasteiger charge is 2.25. The number of hydrogen-bond acceptors (Lipinski definition) is 6. The number of aryl methyl sites for hydroxylation is 1. The van der Waals surface area contributed by atoms with Crippen LogP contribution in [0.3, 0.4) is 0 Å². The number of H-pyrrole nitrogens is 1. The average molecular weight is 493 g/mol. The van der Waals surface area contributed by atoms with Gasteiger partial charge in [0.05, 0.1) is 12.7 Å². The molecular formula is C29H24N4O4. The lowest BCUT2D eigenvalue weighted by atomic mass is 10.0. The summed E-state index contributed by atoms with van der Waals surface area (Å²) in [6.07, 6.45) is 0.713. The summed E-state index contributed by atoms with van der Waals surface area (Å²) in [5.41, 5.74) is 6.87. The van der Waals surface area contributed by atoms with Gasteiger partial charge in [-0.25, -0.2) is 4.79 Å². The molecule has 0 saturated carbocycles. The van der Waals surface area contributed by atoms with E-state index in [-0.39, 0.29) is 11.9 Å². The first-order chi connectivity index (χ1) is 18.0. The van der Waals surface area contributed by atoms with Crippen LogP contribution in [0.5, 0.6) is 0 Å². The Morgan fingerprint density at radius 1 is 0.946 bits per heavy atom. The second kappa shape index (κ2) is 9.05. The maximum atomic E-state index is 13.3. The zero-order valence-electron chi connectivity index (χ0n) is 20.4. The molecule has 3 aromatic carbocycles. The van der Waals surface area contributed by atoms with Crippen molar-refractivity contribution < 1.29 is 18.7 Å². The van der Waals surface area contributed by atoms with Crippen LogP contribution in [0.25, 0.3) is 33.8 Å². The van der Waals surface area contributed by atoms with Crippen LogP contribution in [0.2, 0.25) is 0 Å². The van der Waals surface area contributed by atoms with Crippen LogP contribution in [0.15, 0.2) is 71.1 Å². The van der Waals surface area contributed by atoms with E-state index in [0.29, 0.717) is 42.4 Å². The summed E-state index contributed by atoms with van der Waals surface area (Å²) in [7, 11) is 1.37. The van der Waals surface area contributed by atoms with E-state index in [2.05, 4.69) is 15.2 Å². The van der Waals surface area contributed by atoms with Gasteiger partial charge in [0.25, 0.3) is 5.91 Å². The second-order valence-corrected chi connectivity index (χ2v) is 9.17. The molecule has 0 unspecified atom stereocenters. The number of amides is 1. The molecule has 0 spiro atoms. The molecule has 0 aliphatic carbocycles. The smallest absolute Gasteiger partial charge is 0.337 e. The monoisotopic (exact) mass is 492 g/mol. The minimum absolute atomic E-state index is 0.0540. The van der Waals surface area contributed by atoms with Crippen LogP contribution in [0, 0.1) is 6.92 Å². The number of nitrogens with zero attached hydrogens (tertiary/aromatic N) is 3. The molecule has 2 aromatic heterocycles. The maximum absolute atomic E-state index is 13.3. The van der Waals surface area contributed by atoms with Gasteiger partial charge in [0.15, 0.2) is 0 Å². The molecule has 8 nitrogen and oxygen atoms in total. The van der Waals surface area contributed by atoms with Gasteiger partial charge in [-0.05, 0) is 61.5 Å². The lowest BCUT2D eigenvalue weighted by Crippen LogP contribution is -2.35. The summed E-state index contributed by atoms with van der Waals surface area (Å²) in [6.45, 7) is 3.08. The number of rotatable bonds is 4. The summed E-state index contributed by atoms with van der Waals surface area (Å²) in [4.78, 5) is 30.6. The number of methoxy groups -OCH3 is 1. The molecule has 1 aliphatic rings. The van der Waals surface area contributed by atoms with Crippen LogP contribution in [0.1, 0.15) is 37.5 Å². The van der Waals surface area contributed by atoms with Crippen molar-refractivity contribution in [1.82, 2.24) is 20.1 Å². The van der Waals surface area contributed by atoms with E-state index in [9.17, 15) is 9.59 Å². The van der Waals surface area contributed by atoms with Gasteiger partial charge in [0.1, 0.15) is 0 Å². The fraction of sp³-hybridized carbons (Fsp3) is 0.172. The molecule has 8 heteroatoms. The molecule has 1 N–H and O–H groups in total. The zero-order chi connectivity index (χ0) is 25.5. The van der Waals surface area contributed by atoms with Gasteiger partial charge in [-0.15, -0.1) is 10.2 Å². The number of fused-ring (bicyclic) bond motifs is 3. The zero-order valence-corrected chi connectivity index (χ0v) is 20.4. The third-order valence-electron chi connectivity index (χ3n) is 6.75. The number of carbonyl (C=O) groups excluding carboxylic acids is 2. The first-order valence-electron chi connectivity index (χ1n) is 12.0. The number of hydrogen-bond donors (Lipinski definition) is 1. The van der Waals surface area contributed by atoms with E-state index < -0.39 is 0 Å². The SMILES string of the molecule is COC(=O)c1ccc2[nH]c3c(c2c1)CN(C(=O)c1ccc(-c2nnc(-c4cccc(C)c4)o2)cc1)CC3. The van der Waals surface area contributed by atoms with E-state index in [0.717, 1.165) is 38.9 Å². The molecule has 6 rings (SSSR count). The molecule has 0 bridgehead atoms. The Morgan fingerprint density at radius 3 is 2.46 bits per heavy atom. The number of aromatic nitrogens is 3. The van der Waals surface area contributed by atoms with Crippen LogP contribution < -0.4 is 0 Å². The lowest BCUT2D eigenvalue weighted by Gasteiger charge is -2.27. The Hall–Kier alpha value is -4.72. The van der Waals surface area contributed by atoms with E-state index in [1.54, 1.807) is 18.2 Å². The predicted octanol–water partition coefficient (Wildman–Crippen LogP) is 5.18. The van der Waals surface area contributed by atoms with Gasteiger partial charge in [-0.1, -0.05) is 17.7 Å². The summed E-state index contributed by atoms with van der Waals surface area (Å²) in [6, 6.07) is 20.6. The quantitative estimate of drug-likeness (QED) is 0.347. The Kier molecular flexibility index (Phi) is 5.56. The first kappa shape index (κ1) is 22.7. The highest BCUT2D eigenvalue weighted by atomic mass is 16.5. The fourth-order valence-corrected chi connectivity index (χ4v) is 4.80. The minimum atomic E-state index is -0.382. The topological polar surface area (TPSA) is 101 Å². The average Bonchev–Trinajstić information content (AvgIpc) is 3.57. The van der Waals surface area contributed by atoms with Gasteiger partial charge >= 0.3 is 5.97 Å². The normalized spacial score (nSPS) is 13.0. The van der Waals surface area contributed by atoms with Crippen molar-refractivity contribution in [3.8, 4) is 22.9 Å². The number of carbonyl (C=O) groups is 2.